The van der Waals surface area contributed by atoms with Crippen LogP contribution in [0.15, 0.2) is 48.5 Å². The van der Waals surface area contributed by atoms with Crippen molar-refractivity contribution in [3.05, 3.63) is 59.7 Å². The molecule has 0 radical (unpaired) electrons. The van der Waals surface area contributed by atoms with E-state index in [4.69, 9.17) is 0 Å². The molecule has 1 saturated heterocycles. The van der Waals surface area contributed by atoms with E-state index in [0.717, 1.165) is 0 Å². The third-order valence-corrected chi connectivity index (χ3v) is 5.91. The first-order valence-electron chi connectivity index (χ1n) is 9.90. The van der Waals surface area contributed by atoms with Gasteiger partial charge in [-0.1, -0.05) is 24.3 Å². The van der Waals surface area contributed by atoms with E-state index in [-0.39, 0.29) is 0 Å². The summed E-state index contributed by atoms with van der Waals surface area (Å²) in [6, 6.07) is 14.1. The van der Waals surface area contributed by atoms with Crippen LogP contribution in [0.1, 0.15) is 20.7 Å². The Bertz CT molecular complexity index is 989. The normalized spacial score (nSPS) is 19.6. The van der Waals surface area contributed by atoms with Gasteiger partial charge in [0.05, 0.1) is 35.8 Å². The summed E-state index contributed by atoms with van der Waals surface area (Å²) in [6.07, 6.45) is 0. The molecule has 0 spiro atoms. The number of Topliss-reactive ketones (excluding diaryl/α,β-unsaturated/α-hetero) is 2. The number of benzene rings is 2. The smallest absolute Gasteiger partial charge is 0.291 e. The Morgan fingerprint density at radius 3 is 1.33 bits per heavy atom. The number of rotatable bonds is 4. The maximum Gasteiger partial charge on any atom is 0.300 e. The highest BCUT2D eigenvalue weighted by Gasteiger charge is 2.38. The molecule has 0 aliphatic carbocycles. The van der Waals surface area contributed by atoms with Crippen LogP contribution in [0, 0.1) is 0 Å². The second kappa shape index (κ2) is 7.16. The van der Waals surface area contributed by atoms with Gasteiger partial charge in [-0.05, 0) is 24.3 Å². The summed E-state index contributed by atoms with van der Waals surface area (Å²) in [5.74, 6) is -1.90. The topological polar surface area (TPSA) is 81.2 Å². The number of nitrogens with zero attached hydrogens (tertiary/aromatic N) is 4. The van der Waals surface area contributed by atoms with E-state index in [1.807, 2.05) is 12.1 Å². The van der Waals surface area contributed by atoms with Crippen molar-refractivity contribution < 1.29 is 19.2 Å². The zero-order valence-corrected chi connectivity index (χ0v) is 16.3. The number of fused-ring (bicyclic) bond motifs is 2. The largest absolute Gasteiger partial charge is 0.300 e. The third kappa shape index (κ3) is 2.92. The van der Waals surface area contributed by atoms with E-state index in [1.54, 1.807) is 36.4 Å². The molecule has 0 saturated carbocycles. The van der Waals surface area contributed by atoms with Gasteiger partial charge in [-0.2, -0.15) is 0 Å². The lowest BCUT2D eigenvalue weighted by Crippen LogP contribution is -2.53. The maximum atomic E-state index is 12.4. The van der Waals surface area contributed by atoms with Gasteiger partial charge in [0.2, 0.25) is 0 Å². The molecule has 152 valence electrons. The average Bonchev–Trinajstić information content (AvgIpc) is 3.16. The van der Waals surface area contributed by atoms with Gasteiger partial charge >= 0.3 is 11.8 Å². The molecular weight excluding hydrogens is 384 g/mol. The standard InChI is InChI=1S/C22H20N4O4/c27-19-15-5-1-3-7-17(15)25(21(19)29)13-23-9-11-24(12-10-23)14-26-18-8-4-2-6-16(18)20(28)22(26)30/h1-8H,9-14H2. The van der Waals surface area contributed by atoms with Crippen molar-refractivity contribution in [1.82, 2.24) is 9.80 Å². The first-order valence-corrected chi connectivity index (χ1v) is 9.90. The van der Waals surface area contributed by atoms with Crippen LogP contribution < -0.4 is 9.80 Å². The van der Waals surface area contributed by atoms with E-state index in [9.17, 15) is 19.2 Å². The van der Waals surface area contributed by atoms with Crippen LogP contribution in [0.25, 0.3) is 0 Å². The van der Waals surface area contributed by atoms with Gasteiger partial charge in [-0.3, -0.25) is 38.8 Å². The summed E-state index contributed by atoms with van der Waals surface area (Å²) in [5.41, 5.74) is 2.23. The number of piperazine rings is 1. The fraction of sp³-hybridized carbons (Fsp3) is 0.273. The molecule has 2 amide bonds. The summed E-state index contributed by atoms with van der Waals surface area (Å²) in [7, 11) is 0. The molecule has 0 unspecified atom stereocenters. The Hall–Kier alpha value is -3.36. The van der Waals surface area contributed by atoms with Crippen molar-refractivity contribution in [1.29, 1.82) is 0 Å². The number of carbonyl (C=O) groups is 4. The molecule has 3 aliphatic rings. The molecule has 8 nitrogen and oxygen atoms in total. The molecule has 30 heavy (non-hydrogen) atoms. The average molecular weight is 404 g/mol. The minimum Gasteiger partial charge on any atom is -0.291 e. The first kappa shape index (κ1) is 18.7. The molecule has 0 bridgehead atoms. The number of carbonyl (C=O) groups excluding carboxylic acids is 4. The second-order valence-corrected chi connectivity index (χ2v) is 7.68. The molecule has 3 aliphatic heterocycles. The van der Waals surface area contributed by atoms with Crippen LogP contribution in [0.2, 0.25) is 0 Å². The molecule has 0 aromatic heterocycles. The van der Waals surface area contributed by atoms with Gasteiger partial charge in [0, 0.05) is 26.2 Å². The zero-order valence-electron chi connectivity index (χ0n) is 16.3. The number of anilines is 2. The number of amides is 2. The van der Waals surface area contributed by atoms with Gasteiger partial charge in [0.15, 0.2) is 0 Å². The molecule has 2 aromatic rings. The monoisotopic (exact) mass is 404 g/mol. The first-order chi connectivity index (χ1) is 14.5. The van der Waals surface area contributed by atoms with Crippen LogP contribution in [-0.2, 0) is 9.59 Å². The molecule has 3 heterocycles. The van der Waals surface area contributed by atoms with E-state index >= 15 is 0 Å². The Balaban J connectivity index is 1.22. The van der Waals surface area contributed by atoms with Crippen molar-refractivity contribution in [2.45, 2.75) is 0 Å². The summed E-state index contributed by atoms with van der Waals surface area (Å²) >= 11 is 0. The second-order valence-electron chi connectivity index (χ2n) is 7.68. The van der Waals surface area contributed by atoms with Gasteiger partial charge in [-0.25, -0.2) is 0 Å². The van der Waals surface area contributed by atoms with Crippen molar-refractivity contribution in [3.63, 3.8) is 0 Å². The summed E-state index contributed by atoms with van der Waals surface area (Å²) in [5, 5.41) is 0. The summed E-state index contributed by atoms with van der Waals surface area (Å²) < 4.78 is 0. The third-order valence-electron chi connectivity index (χ3n) is 5.91. The summed E-state index contributed by atoms with van der Waals surface area (Å²) in [4.78, 5) is 56.4. The van der Waals surface area contributed by atoms with Crippen LogP contribution in [-0.4, -0.2) is 72.7 Å². The minimum atomic E-state index is -0.489. The van der Waals surface area contributed by atoms with Crippen molar-refractivity contribution in [3.8, 4) is 0 Å². The Morgan fingerprint density at radius 1 is 0.567 bits per heavy atom. The van der Waals surface area contributed by atoms with Gasteiger partial charge in [0.1, 0.15) is 0 Å². The van der Waals surface area contributed by atoms with Gasteiger partial charge < -0.3 is 0 Å². The highest BCUT2D eigenvalue weighted by atomic mass is 16.2. The molecule has 1 fully saturated rings. The minimum absolute atomic E-state index is 0.361. The van der Waals surface area contributed by atoms with Crippen LogP contribution in [0.5, 0.6) is 0 Å². The predicted molar refractivity (Wildman–Crippen MR) is 109 cm³/mol. The Morgan fingerprint density at radius 2 is 0.933 bits per heavy atom. The van der Waals surface area contributed by atoms with Gasteiger partial charge in [-0.15, -0.1) is 0 Å². The molecule has 0 N–H and O–H groups in total. The SMILES string of the molecule is O=C1C(=O)N(CN2CCN(CN3C(=O)C(=O)c4ccccc43)CC2)c2ccccc21. The predicted octanol–water partition coefficient (Wildman–Crippen LogP) is 0.978. The number of hydrogen-bond acceptors (Lipinski definition) is 6. The molecule has 2 aromatic carbocycles. The Kier molecular flexibility index (Phi) is 4.45. The van der Waals surface area contributed by atoms with E-state index < -0.39 is 23.4 Å². The highest BCUT2D eigenvalue weighted by molar-refractivity contribution is 6.52. The Labute approximate surface area is 173 Å². The van der Waals surface area contributed by atoms with Gasteiger partial charge in [0.25, 0.3) is 11.6 Å². The van der Waals surface area contributed by atoms with E-state index in [1.165, 1.54) is 9.80 Å². The molecule has 5 rings (SSSR count). The number of ketones is 2. The molecule has 0 atom stereocenters. The maximum absolute atomic E-state index is 12.4. The van der Waals surface area contributed by atoms with Crippen LogP contribution in [0.4, 0.5) is 11.4 Å². The quantitative estimate of drug-likeness (QED) is 0.707. The van der Waals surface area contributed by atoms with Crippen LogP contribution >= 0.6 is 0 Å². The number of para-hydroxylation sites is 2. The van der Waals surface area contributed by atoms with E-state index in [0.29, 0.717) is 62.0 Å². The zero-order chi connectivity index (χ0) is 20.8. The van der Waals surface area contributed by atoms with E-state index in [2.05, 4.69) is 9.80 Å². The van der Waals surface area contributed by atoms with Crippen LogP contribution in [0.3, 0.4) is 0 Å². The van der Waals surface area contributed by atoms with Crippen molar-refractivity contribution in [2.24, 2.45) is 0 Å². The van der Waals surface area contributed by atoms with Crippen molar-refractivity contribution in [2.75, 3.05) is 49.3 Å². The molecule has 8 heteroatoms. The molecular formula is C22H20N4O4. The lowest BCUT2D eigenvalue weighted by molar-refractivity contribution is -0.115. The fourth-order valence-electron chi connectivity index (χ4n) is 4.25. The summed E-state index contributed by atoms with van der Waals surface area (Å²) in [6.45, 7) is 3.49. The lowest BCUT2D eigenvalue weighted by Gasteiger charge is -2.37. The van der Waals surface area contributed by atoms with Crippen molar-refractivity contribution >= 4 is 34.8 Å². The number of hydrogen-bond donors (Lipinski definition) is 0. The highest BCUT2D eigenvalue weighted by Crippen LogP contribution is 2.30. The fourth-order valence-corrected chi connectivity index (χ4v) is 4.25. The lowest BCUT2D eigenvalue weighted by atomic mass is 10.1.